The van der Waals surface area contributed by atoms with Crippen LogP contribution in [0.4, 0.5) is 0 Å². The summed E-state index contributed by atoms with van der Waals surface area (Å²) in [5.74, 6) is -1.85. The number of rotatable bonds is 5. The maximum Gasteiger partial charge on any atom is 0.331 e. The van der Waals surface area contributed by atoms with E-state index in [4.69, 9.17) is 0 Å². The Kier molecular flexibility index (Phi) is 6.47. The number of imide groups is 1. The third-order valence-electron chi connectivity index (χ3n) is 2.17. The van der Waals surface area contributed by atoms with Gasteiger partial charge in [-0.1, -0.05) is 36.4 Å². The van der Waals surface area contributed by atoms with Gasteiger partial charge in [0, 0.05) is 11.6 Å². The van der Waals surface area contributed by atoms with E-state index < -0.39 is 24.4 Å². The second-order valence-corrected chi connectivity index (χ2v) is 3.74. The summed E-state index contributed by atoms with van der Waals surface area (Å²) in [5, 5.41) is 2.13. The number of hydrogen-bond donors (Lipinski definition) is 1. The van der Waals surface area contributed by atoms with Crippen molar-refractivity contribution in [3.63, 3.8) is 0 Å². The average Bonchev–Trinajstić information content (AvgIpc) is 2.46. The molecule has 0 bridgehead atoms. The Morgan fingerprint density at radius 1 is 1.15 bits per heavy atom. The molecule has 1 aromatic carbocycles. The molecule has 2 amide bonds. The summed E-state index contributed by atoms with van der Waals surface area (Å²) in [6.45, 7) is 1.30. The van der Waals surface area contributed by atoms with Crippen LogP contribution < -0.4 is 5.32 Å². The molecule has 1 N–H and O–H groups in total. The first-order valence-corrected chi connectivity index (χ1v) is 5.99. The van der Waals surface area contributed by atoms with Crippen LogP contribution in [0.25, 0.3) is 0 Å². The van der Waals surface area contributed by atoms with Crippen LogP contribution in [0.15, 0.2) is 54.6 Å². The molecule has 0 aliphatic carbocycles. The van der Waals surface area contributed by atoms with Crippen LogP contribution in [0.5, 0.6) is 0 Å². The highest BCUT2D eigenvalue weighted by Gasteiger charge is 2.10. The standard InChI is InChI=1S/C15H15NO4/c1-2-3-5-10-14(18)20-11-13(17)16-15(19)12-8-6-4-7-9-12/h2-10H,11H2,1H3,(H,16,17,19)/b3-2+,10-5+. The molecule has 0 aromatic heterocycles. The van der Waals surface area contributed by atoms with E-state index in [0.29, 0.717) is 5.56 Å². The average molecular weight is 273 g/mol. The number of carbonyl (C=O) groups excluding carboxylic acids is 3. The van der Waals surface area contributed by atoms with Gasteiger partial charge in [-0.25, -0.2) is 4.79 Å². The lowest BCUT2D eigenvalue weighted by atomic mass is 10.2. The maximum atomic E-state index is 11.6. The molecule has 20 heavy (non-hydrogen) atoms. The van der Waals surface area contributed by atoms with E-state index in [1.54, 1.807) is 49.4 Å². The van der Waals surface area contributed by atoms with Gasteiger partial charge >= 0.3 is 5.97 Å². The lowest BCUT2D eigenvalue weighted by Crippen LogP contribution is -2.33. The number of nitrogens with one attached hydrogen (secondary N) is 1. The van der Waals surface area contributed by atoms with E-state index in [9.17, 15) is 14.4 Å². The van der Waals surface area contributed by atoms with Crippen molar-refractivity contribution < 1.29 is 19.1 Å². The molecule has 0 unspecified atom stereocenters. The number of carbonyl (C=O) groups is 3. The molecule has 0 spiro atoms. The van der Waals surface area contributed by atoms with Gasteiger partial charge in [-0.15, -0.1) is 0 Å². The summed E-state index contributed by atoms with van der Waals surface area (Å²) >= 11 is 0. The Bertz CT molecular complexity index is 532. The van der Waals surface area contributed by atoms with Crippen molar-refractivity contribution >= 4 is 17.8 Å². The molecule has 1 rings (SSSR count). The normalized spacial score (nSPS) is 10.7. The fourth-order valence-corrected chi connectivity index (χ4v) is 1.25. The fourth-order valence-electron chi connectivity index (χ4n) is 1.25. The van der Waals surface area contributed by atoms with Crippen LogP contribution in [0.2, 0.25) is 0 Å². The van der Waals surface area contributed by atoms with E-state index in [1.807, 2.05) is 0 Å². The first-order chi connectivity index (χ1) is 9.63. The predicted octanol–water partition coefficient (Wildman–Crippen LogP) is 1.62. The topological polar surface area (TPSA) is 72.5 Å². The quantitative estimate of drug-likeness (QED) is 0.502. The van der Waals surface area contributed by atoms with E-state index in [0.717, 1.165) is 0 Å². The van der Waals surface area contributed by atoms with Crippen molar-refractivity contribution in [2.45, 2.75) is 6.92 Å². The summed E-state index contributed by atoms with van der Waals surface area (Å²) < 4.78 is 4.66. The number of hydrogen-bond acceptors (Lipinski definition) is 4. The molecule has 5 heteroatoms. The van der Waals surface area contributed by atoms with Gasteiger partial charge in [0.05, 0.1) is 0 Å². The molecular weight excluding hydrogens is 258 g/mol. The summed E-state index contributed by atoms with van der Waals surface area (Å²) in [5.41, 5.74) is 0.361. The van der Waals surface area contributed by atoms with Crippen LogP contribution in [-0.2, 0) is 14.3 Å². The summed E-state index contributed by atoms with van der Waals surface area (Å²) in [6.07, 6.45) is 6.08. The lowest BCUT2D eigenvalue weighted by molar-refractivity contribution is -0.143. The monoisotopic (exact) mass is 273 g/mol. The van der Waals surface area contributed by atoms with E-state index >= 15 is 0 Å². The predicted molar refractivity (Wildman–Crippen MR) is 73.8 cm³/mol. The van der Waals surface area contributed by atoms with E-state index in [1.165, 1.54) is 12.2 Å². The van der Waals surface area contributed by atoms with Crippen molar-refractivity contribution in [3.8, 4) is 0 Å². The van der Waals surface area contributed by atoms with Crippen LogP contribution in [-0.4, -0.2) is 24.4 Å². The third-order valence-corrected chi connectivity index (χ3v) is 2.17. The molecule has 0 heterocycles. The Hall–Kier alpha value is -2.69. The van der Waals surface area contributed by atoms with E-state index in [2.05, 4.69) is 10.1 Å². The van der Waals surface area contributed by atoms with Gasteiger partial charge in [0.25, 0.3) is 11.8 Å². The van der Waals surface area contributed by atoms with Crippen LogP contribution in [0.1, 0.15) is 17.3 Å². The second kappa shape index (κ2) is 8.42. The lowest BCUT2D eigenvalue weighted by Gasteiger charge is -2.04. The molecule has 5 nitrogen and oxygen atoms in total. The third kappa shape index (κ3) is 5.77. The van der Waals surface area contributed by atoms with Crippen LogP contribution in [0, 0.1) is 0 Å². The van der Waals surface area contributed by atoms with Gasteiger partial charge < -0.3 is 4.74 Å². The minimum Gasteiger partial charge on any atom is -0.452 e. The second-order valence-electron chi connectivity index (χ2n) is 3.74. The summed E-state index contributed by atoms with van der Waals surface area (Å²) in [4.78, 5) is 34.2. The number of amides is 2. The molecule has 0 fully saturated rings. The summed E-state index contributed by atoms with van der Waals surface area (Å²) in [6, 6.07) is 8.29. The highest BCUT2D eigenvalue weighted by Crippen LogP contribution is 1.97. The Balaban J connectivity index is 2.37. The first kappa shape index (κ1) is 15.4. The Morgan fingerprint density at radius 3 is 2.50 bits per heavy atom. The minimum absolute atomic E-state index is 0.361. The molecule has 0 radical (unpaired) electrons. The Labute approximate surface area is 116 Å². The molecule has 0 saturated carbocycles. The first-order valence-electron chi connectivity index (χ1n) is 5.99. The zero-order chi connectivity index (χ0) is 14.8. The van der Waals surface area contributed by atoms with Gasteiger partial charge in [-0.3, -0.25) is 14.9 Å². The zero-order valence-corrected chi connectivity index (χ0v) is 11.0. The number of benzene rings is 1. The molecule has 0 saturated heterocycles. The molecule has 104 valence electrons. The van der Waals surface area contributed by atoms with Crippen molar-refractivity contribution in [2.24, 2.45) is 0 Å². The van der Waals surface area contributed by atoms with Gasteiger partial charge in [-0.05, 0) is 19.1 Å². The van der Waals surface area contributed by atoms with Crippen molar-refractivity contribution in [1.29, 1.82) is 0 Å². The minimum atomic E-state index is -0.674. The summed E-state index contributed by atoms with van der Waals surface area (Å²) in [7, 11) is 0. The molecule has 0 aliphatic heterocycles. The molecule has 0 atom stereocenters. The van der Waals surface area contributed by atoms with Crippen molar-refractivity contribution in [3.05, 3.63) is 60.2 Å². The fraction of sp³-hybridized carbons (Fsp3) is 0.133. The van der Waals surface area contributed by atoms with Crippen LogP contribution >= 0.6 is 0 Å². The van der Waals surface area contributed by atoms with Crippen LogP contribution in [0.3, 0.4) is 0 Å². The Morgan fingerprint density at radius 2 is 1.85 bits per heavy atom. The van der Waals surface area contributed by atoms with Gasteiger partial charge in [0.2, 0.25) is 0 Å². The van der Waals surface area contributed by atoms with Gasteiger partial charge in [-0.2, -0.15) is 0 Å². The molecular formula is C15H15NO4. The number of esters is 1. The van der Waals surface area contributed by atoms with Crippen molar-refractivity contribution in [1.82, 2.24) is 5.32 Å². The van der Waals surface area contributed by atoms with Crippen molar-refractivity contribution in [2.75, 3.05) is 6.61 Å². The highest BCUT2D eigenvalue weighted by molar-refractivity contribution is 6.05. The van der Waals surface area contributed by atoms with Gasteiger partial charge in [0.1, 0.15) is 0 Å². The molecule has 1 aromatic rings. The molecule has 0 aliphatic rings. The maximum absolute atomic E-state index is 11.6. The smallest absolute Gasteiger partial charge is 0.331 e. The zero-order valence-electron chi connectivity index (χ0n) is 11.0. The van der Waals surface area contributed by atoms with E-state index in [-0.39, 0.29) is 0 Å². The van der Waals surface area contributed by atoms with Gasteiger partial charge in [0.15, 0.2) is 6.61 Å². The largest absolute Gasteiger partial charge is 0.452 e. The SMILES string of the molecule is C/C=C/C=C/C(=O)OCC(=O)NC(=O)c1ccccc1. The number of ether oxygens (including phenoxy) is 1. The highest BCUT2D eigenvalue weighted by atomic mass is 16.5. The number of allylic oxidation sites excluding steroid dienone is 3.